The zero-order valence-corrected chi connectivity index (χ0v) is 8.67. The van der Waals surface area contributed by atoms with Crippen molar-refractivity contribution in [2.75, 3.05) is 19.6 Å². The van der Waals surface area contributed by atoms with Crippen molar-refractivity contribution in [1.82, 2.24) is 10.2 Å². The lowest BCUT2D eigenvalue weighted by Gasteiger charge is -2.14. The van der Waals surface area contributed by atoms with Crippen LogP contribution in [0.15, 0.2) is 11.6 Å². The highest BCUT2D eigenvalue weighted by Crippen LogP contribution is 2.10. The molecule has 0 radical (unpaired) electrons. The van der Waals surface area contributed by atoms with E-state index in [4.69, 9.17) is 0 Å². The Hall–Kier alpha value is -1.16. The van der Waals surface area contributed by atoms with Crippen molar-refractivity contribution in [1.29, 1.82) is 0 Å². The largest absolute Gasteiger partial charge is 0.315 e. The fraction of sp³-hybridized carbons (Fsp3) is 0.600. The van der Waals surface area contributed by atoms with Crippen LogP contribution in [0.5, 0.6) is 0 Å². The number of carbonyl (C=O) groups excluding carboxylic acids is 2. The third-order valence-corrected chi connectivity index (χ3v) is 2.13. The molecule has 0 fully saturated rings. The van der Waals surface area contributed by atoms with Crippen LogP contribution in [0, 0.1) is 0 Å². The van der Waals surface area contributed by atoms with Gasteiger partial charge in [0.15, 0.2) is 0 Å². The summed E-state index contributed by atoms with van der Waals surface area (Å²) >= 11 is 0. The summed E-state index contributed by atoms with van der Waals surface area (Å²) in [5, 5.41) is 3.15. The Labute approximate surface area is 84.0 Å². The molecule has 0 atom stereocenters. The fourth-order valence-electron chi connectivity index (χ4n) is 1.34. The Balaban J connectivity index is 2.33. The van der Waals surface area contributed by atoms with Crippen LogP contribution in [0.2, 0.25) is 0 Å². The predicted octanol–water partition coefficient (Wildman–Crippen LogP) is 0.301. The number of hydrogen-bond acceptors (Lipinski definition) is 3. The first kappa shape index (κ1) is 10.9. The zero-order chi connectivity index (χ0) is 10.6. The average Bonchev–Trinajstić information content (AvgIpc) is 2.38. The van der Waals surface area contributed by atoms with Crippen molar-refractivity contribution in [3.63, 3.8) is 0 Å². The molecule has 1 aliphatic heterocycles. The molecule has 78 valence electrons. The summed E-state index contributed by atoms with van der Waals surface area (Å²) < 4.78 is 0. The molecule has 1 rings (SSSR count). The Morgan fingerprint density at radius 2 is 2.07 bits per heavy atom. The monoisotopic (exact) mass is 196 g/mol. The average molecular weight is 196 g/mol. The molecule has 1 aliphatic rings. The standard InChI is InChI=1S/C10H16N2O2/c1-3-4-11-5-6-12-9(13)7-8(2)10(12)14/h7,11H,3-6H2,1-2H3. The van der Waals surface area contributed by atoms with Crippen LogP contribution in [-0.2, 0) is 9.59 Å². The van der Waals surface area contributed by atoms with Crippen LogP contribution in [0.4, 0.5) is 0 Å². The maximum Gasteiger partial charge on any atom is 0.256 e. The second-order valence-corrected chi connectivity index (χ2v) is 3.37. The maximum absolute atomic E-state index is 11.4. The number of hydrogen-bond donors (Lipinski definition) is 1. The quantitative estimate of drug-likeness (QED) is 0.508. The number of amides is 2. The molecule has 0 unspecified atom stereocenters. The molecule has 2 amide bonds. The summed E-state index contributed by atoms with van der Waals surface area (Å²) in [5.74, 6) is -0.348. The van der Waals surface area contributed by atoms with Crippen LogP contribution >= 0.6 is 0 Å². The van der Waals surface area contributed by atoms with E-state index >= 15 is 0 Å². The van der Waals surface area contributed by atoms with Gasteiger partial charge in [-0.25, -0.2) is 0 Å². The highest BCUT2D eigenvalue weighted by Gasteiger charge is 2.27. The molecule has 0 aromatic rings. The molecule has 14 heavy (non-hydrogen) atoms. The minimum Gasteiger partial charge on any atom is -0.315 e. The summed E-state index contributed by atoms with van der Waals surface area (Å²) in [6.07, 6.45) is 2.45. The summed E-state index contributed by atoms with van der Waals surface area (Å²) in [6.45, 7) is 5.80. The highest BCUT2D eigenvalue weighted by atomic mass is 16.2. The number of imide groups is 1. The van der Waals surface area contributed by atoms with E-state index in [0.29, 0.717) is 18.7 Å². The van der Waals surface area contributed by atoms with Gasteiger partial charge in [0.25, 0.3) is 11.8 Å². The van der Waals surface area contributed by atoms with E-state index in [-0.39, 0.29) is 11.8 Å². The van der Waals surface area contributed by atoms with Crippen molar-refractivity contribution in [2.24, 2.45) is 0 Å². The van der Waals surface area contributed by atoms with Gasteiger partial charge in [0.2, 0.25) is 0 Å². The van der Waals surface area contributed by atoms with E-state index in [0.717, 1.165) is 13.0 Å². The normalized spacial score (nSPS) is 16.4. The van der Waals surface area contributed by atoms with E-state index in [1.807, 2.05) is 0 Å². The second-order valence-electron chi connectivity index (χ2n) is 3.37. The van der Waals surface area contributed by atoms with Gasteiger partial charge in [-0.2, -0.15) is 0 Å². The van der Waals surface area contributed by atoms with Crippen molar-refractivity contribution < 1.29 is 9.59 Å². The molecular weight excluding hydrogens is 180 g/mol. The van der Waals surface area contributed by atoms with Crippen molar-refractivity contribution in [2.45, 2.75) is 20.3 Å². The van der Waals surface area contributed by atoms with Gasteiger partial charge in [0.05, 0.1) is 0 Å². The molecule has 0 bridgehead atoms. The molecule has 0 aromatic heterocycles. The van der Waals surface area contributed by atoms with E-state index in [1.54, 1.807) is 6.92 Å². The zero-order valence-electron chi connectivity index (χ0n) is 8.67. The molecule has 0 aromatic carbocycles. The van der Waals surface area contributed by atoms with Crippen molar-refractivity contribution in [3.05, 3.63) is 11.6 Å². The lowest BCUT2D eigenvalue weighted by Crippen LogP contribution is -2.37. The smallest absolute Gasteiger partial charge is 0.256 e. The number of carbonyl (C=O) groups is 2. The van der Waals surface area contributed by atoms with Crippen molar-refractivity contribution >= 4 is 11.8 Å². The van der Waals surface area contributed by atoms with Gasteiger partial charge >= 0.3 is 0 Å². The predicted molar refractivity (Wildman–Crippen MR) is 53.6 cm³/mol. The molecule has 0 aliphatic carbocycles. The van der Waals surface area contributed by atoms with Crippen LogP contribution in [-0.4, -0.2) is 36.3 Å². The summed E-state index contributed by atoms with van der Waals surface area (Å²) in [4.78, 5) is 23.9. The Morgan fingerprint density at radius 3 is 2.57 bits per heavy atom. The Kier molecular flexibility index (Phi) is 3.83. The molecular formula is C10H16N2O2. The first-order valence-corrected chi connectivity index (χ1v) is 4.91. The van der Waals surface area contributed by atoms with Gasteiger partial charge in [-0.3, -0.25) is 14.5 Å². The van der Waals surface area contributed by atoms with Gasteiger partial charge in [-0.15, -0.1) is 0 Å². The van der Waals surface area contributed by atoms with E-state index < -0.39 is 0 Å². The van der Waals surface area contributed by atoms with Gasteiger partial charge < -0.3 is 5.32 Å². The first-order valence-electron chi connectivity index (χ1n) is 4.91. The minimum atomic E-state index is -0.189. The van der Waals surface area contributed by atoms with Crippen molar-refractivity contribution in [3.8, 4) is 0 Å². The molecule has 1 heterocycles. The first-order chi connectivity index (χ1) is 6.66. The minimum absolute atomic E-state index is 0.159. The second kappa shape index (κ2) is 4.91. The molecule has 4 heteroatoms. The van der Waals surface area contributed by atoms with Gasteiger partial charge in [0.1, 0.15) is 0 Å². The number of nitrogens with one attached hydrogen (secondary N) is 1. The number of rotatable bonds is 5. The highest BCUT2D eigenvalue weighted by molar-refractivity contribution is 6.15. The number of nitrogens with zero attached hydrogens (tertiary/aromatic N) is 1. The Bertz CT molecular complexity index is 271. The van der Waals surface area contributed by atoms with Gasteiger partial charge in [0, 0.05) is 24.7 Å². The summed E-state index contributed by atoms with van der Waals surface area (Å²) in [6, 6.07) is 0. The van der Waals surface area contributed by atoms with Gasteiger partial charge in [-0.05, 0) is 19.9 Å². The molecule has 4 nitrogen and oxygen atoms in total. The van der Waals surface area contributed by atoms with E-state index in [9.17, 15) is 9.59 Å². The summed E-state index contributed by atoms with van der Waals surface area (Å²) in [7, 11) is 0. The topological polar surface area (TPSA) is 49.4 Å². The fourth-order valence-corrected chi connectivity index (χ4v) is 1.34. The van der Waals surface area contributed by atoms with Gasteiger partial charge in [-0.1, -0.05) is 6.92 Å². The maximum atomic E-state index is 11.4. The third-order valence-electron chi connectivity index (χ3n) is 2.13. The third kappa shape index (κ3) is 2.42. The van der Waals surface area contributed by atoms with Crippen LogP contribution in [0.25, 0.3) is 0 Å². The lowest BCUT2D eigenvalue weighted by atomic mass is 10.3. The van der Waals surface area contributed by atoms with Crippen LogP contribution < -0.4 is 5.32 Å². The van der Waals surface area contributed by atoms with E-state index in [1.165, 1.54) is 11.0 Å². The Morgan fingerprint density at radius 1 is 1.36 bits per heavy atom. The van der Waals surface area contributed by atoms with Crippen LogP contribution in [0.3, 0.4) is 0 Å². The summed E-state index contributed by atoms with van der Waals surface area (Å²) in [5.41, 5.74) is 0.533. The lowest BCUT2D eigenvalue weighted by molar-refractivity contribution is -0.137. The molecule has 1 N–H and O–H groups in total. The van der Waals surface area contributed by atoms with E-state index in [2.05, 4.69) is 12.2 Å². The van der Waals surface area contributed by atoms with Crippen LogP contribution in [0.1, 0.15) is 20.3 Å². The molecule has 0 spiro atoms. The molecule has 0 saturated heterocycles. The SMILES string of the molecule is CCCNCCN1C(=O)C=C(C)C1=O. The molecule has 0 saturated carbocycles.